The van der Waals surface area contributed by atoms with E-state index in [1.165, 1.54) is 43.4 Å². The number of nitrogens with one attached hydrogen (secondary N) is 1. The van der Waals surface area contributed by atoms with Gasteiger partial charge in [0.15, 0.2) is 5.13 Å². The number of anilines is 1. The third-order valence-electron chi connectivity index (χ3n) is 3.36. The lowest BCUT2D eigenvalue weighted by molar-refractivity contribution is -0.116. The number of rotatable bonds is 4. The molecule has 1 aromatic rings. The second-order valence-electron chi connectivity index (χ2n) is 4.65. The number of hydrogen-bond acceptors (Lipinski definition) is 4. The quantitative estimate of drug-likeness (QED) is 0.865. The lowest BCUT2D eigenvalue weighted by atomic mass is 9.83. The Kier molecular flexibility index (Phi) is 4.50. The van der Waals surface area contributed by atoms with Crippen LogP contribution in [0.25, 0.3) is 0 Å². The largest absolute Gasteiger partial charge is 0.327 e. The second kappa shape index (κ2) is 6.12. The molecule has 0 spiro atoms. The summed E-state index contributed by atoms with van der Waals surface area (Å²) in [7, 11) is 0. The van der Waals surface area contributed by atoms with Crippen LogP contribution in [0.3, 0.4) is 0 Å². The highest BCUT2D eigenvalue weighted by Gasteiger charge is 2.22. The first-order chi connectivity index (χ1) is 8.25. The van der Waals surface area contributed by atoms with Crippen molar-refractivity contribution in [3.63, 3.8) is 0 Å². The molecule has 1 atom stereocenters. The van der Waals surface area contributed by atoms with Crippen LogP contribution in [-0.2, 0) is 4.79 Å². The maximum Gasteiger partial charge on any atom is 0.227 e. The summed E-state index contributed by atoms with van der Waals surface area (Å²) < 4.78 is 0. The third kappa shape index (κ3) is 3.78. The van der Waals surface area contributed by atoms with Crippen molar-refractivity contribution in [1.82, 2.24) is 4.98 Å². The zero-order chi connectivity index (χ0) is 12.1. The molecule has 0 saturated heterocycles. The minimum atomic E-state index is -0.0157. The highest BCUT2D eigenvalue weighted by atomic mass is 32.1. The van der Waals surface area contributed by atoms with E-state index in [1.807, 2.05) is 5.38 Å². The lowest BCUT2D eigenvalue weighted by Crippen LogP contribution is -2.35. The first kappa shape index (κ1) is 12.5. The van der Waals surface area contributed by atoms with E-state index in [0.717, 1.165) is 0 Å². The number of thiazole rings is 1. The van der Waals surface area contributed by atoms with Crippen LogP contribution in [0.4, 0.5) is 5.13 Å². The average Bonchev–Trinajstić information content (AvgIpc) is 2.82. The van der Waals surface area contributed by atoms with E-state index in [9.17, 15) is 4.79 Å². The molecule has 2 rings (SSSR count). The third-order valence-corrected chi connectivity index (χ3v) is 4.04. The average molecular weight is 253 g/mol. The molecule has 17 heavy (non-hydrogen) atoms. The molecular formula is C12H19N3OS. The summed E-state index contributed by atoms with van der Waals surface area (Å²) in [5.74, 6) is 0.504. The molecule has 5 heteroatoms. The normalized spacial score (nSPS) is 18.9. The summed E-state index contributed by atoms with van der Waals surface area (Å²) in [4.78, 5) is 15.8. The van der Waals surface area contributed by atoms with E-state index in [4.69, 9.17) is 5.73 Å². The van der Waals surface area contributed by atoms with Crippen LogP contribution in [-0.4, -0.2) is 16.9 Å². The Morgan fingerprint density at radius 1 is 1.53 bits per heavy atom. The number of aromatic nitrogens is 1. The highest BCUT2D eigenvalue weighted by molar-refractivity contribution is 7.13. The highest BCUT2D eigenvalue weighted by Crippen LogP contribution is 2.26. The van der Waals surface area contributed by atoms with Crippen molar-refractivity contribution >= 4 is 22.4 Å². The molecule has 3 N–H and O–H groups in total. The molecule has 0 aromatic carbocycles. The maximum absolute atomic E-state index is 11.7. The number of carbonyl (C=O) groups is 1. The van der Waals surface area contributed by atoms with E-state index in [2.05, 4.69) is 10.3 Å². The minimum Gasteiger partial charge on any atom is -0.327 e. The predicted octanol–water partition coefficient (Wildman–Crippen LogP) is 2.38. The summed E-state index contributed by atoms with van der Waals surface area (Å²) in [6, 6.07) is -0.00439. The molecular weight excluding hydrogens is 234 g/mol. The molecule has 94 valence electrons. The van der Waals surface area contributed by atoms with Crippen molar-refractivity contribution < 1.29 is 4.79 Å². The van der Waals surface area contributed by atoms with Gasteiger partial charge in [-0.1, -0.05) is 19.3 Å². The van der Waals surface area contributed by atoms with Gasteiger partial charge in [0.25, 0.3) is 0 Å². The van der Waals surface area contributed by atoms with Crippen LogP contribution < -0.4 is 11.1 Å². The molecule has 1 amide bonds. The topological polar surface area (TPSA) is 68.0 Å². The van der Waals surface area contributed by atoms with Gasteiger partial charge in [-0.15, -0.1) is 11.3 Å². The van der Waals surface area contributed by atoms with Gasteiger partial charge in [0, 0.05) is 24.0 Å². The smallest absolute Gasteiger partial charge is 0.227 e. The molecule has 4 nitrogen and oxygen atoms in total. The Morgan fingerprint density at radius 2 is 2.29 bits per heavy atom. The first-order valence-corrected chi connectivity index (χ1v) is 7.08. The van der Waals surface area contributed by atoms with Crippen LogP contribution in [0.1, 0.15) is 38.5 Å². The molecule has 1 unspecified atom stereocenters. The SMILES string of the molecule is NC(CC(=O)Nc1nccs1)C1CCCCC1. The number of carbonyl (C=O) groups excluding carboxylic acids is 1. The van der Waals surface area contributed by atoms with E-state index >= 15 is 0 Å². The zero-order valence-corrected chi connectivity index (χ0v) is 10.7. The summed E-state index contributed by atoms with van der Waals surface area (Å²) >= 11 is 1.43. The second-order valence-corrected chi connectivity index (χ2v) is 5.55. The zero-order valence-electron chi connectivity index (χ0n) is 9.89. The van der Waals surface area contributed by atoms with E-state index in [1.54, 1.807) is 6.20 Å². The molecule has 0 bridgehead atoms. The molecule has 0 aliphatic heterocycles. The number of nitrogens with two attached hydrogens (primary N) is 1. The van der Waals surface area contributed by atoms with E-state index in [0.29, 0.717) is 17.5 Å². The number of hydrogen-bond donors (Lipinski definition) is 2. The number of nitrogens with zero attached hydrogens (tertiary/aromatic N) is 1. The summed E-state index contributed by atoms with van der Waals surface area (Å²) in [5, 5.41) is 5.28. The molecule has 0 radical (unpaired) electrons. The molecule has 1 aliphatic rings. The number of amides is 1. The van der Waals surface area contributed by atoms with E-state index in [-0.39, 0.29) is 11.9 Å². The monoisotopic (exact) mass is 253 g/mol. The van der Waals surface area contributed by atoms with Crippen molar-refractivity contribution in [1.29, 1.82) is 0 Å². The molecule has 1 fully saturated rings. The standard InChI is InChI=1S/C12H19N3OS/c13-10(9-4-2-1-3-5-9)8-11(16)15-12-14-6-7-17-12/h6-7,9-10H,1-5,8,13H2,(H,14,15,16). The molecule has 1 saturated carbocycles. The minimum absolute atomic E-state index is 0.00439. The molecule has 1 heterocycles. The van der Waals surface area contributed by atoms with Gasteiger partial charge in [-0.25, -0.2) is 4.98 Å². The van der Waals surface area contributed by atoms with Gasteiger partial charge < -0.3 is 11.1 Å². The lowest BCUT2D eigenvalue weighted by Gasteiger charge is -2.26. The summed E-state index contributed by atoms with van der Waals surface area (Å²) in [5.41, 5.74) is 6.10. The Hall–Kier alpha value is -0.940. The van der Waals surface area contributed by atoms with Gasteiger partial charge in [0.2, 0.25) is 5.91 Å². The van der Waals surface area contributed by atoms with Crippen LogP contribution in [0.15, 0.2) is 11.6 Å². The predicted molar refractivity (Wildman–Crippen MR) is 69.9 cm³/mol. The van der Waals surface area contributed by atoms with Crippen molar-refractivity contribution in [3.05, 3.63) is 11.6 Å². The van der Waals surface area contributed by atoms with Crippen LogP contribution in [0, 0.1) is 5.92 Å². The maximum atomic E-state index is 11.7. The van der Waals surface area contributed by atoms with Crippen molar-refractivity contribution in [2.45, 2.75) is 44.6 Å². The fourth-order valence-electron chi connectivity index (χ4n) is 2.40. The van der Waals surface area contributed by atoms with Crippen LogP contribution in [0.2, 0.25) is 0 Å². The van der Waals surface area contributed by atoms with Gasteiger partial charge in [-0.05, 0) is 18.8 Å². The van der Waals surface area contributed by atoms with Crippen molar-refractivity contribution in [2.75, 3.05) is 5.32 Å². The van der Waals surface area contributed by atoms with Gasteiger partial charge in [0.1, 0.15) is 0 Å². The van der Waals surface area contributed by atoms with Gasteiger partial charge in [0.05, 0.1) is 0 Å². The fraction of sp³-hybridized carbons (Fsp3) is 0.667. The molecule has 1 aromatic heterocycles. The Labute approximate surface area is 106 Å². The Morgan fingerprint density at radius 3 is 2.94 bits per heavy atom. The summed E-state index contributed by atoms with van der Waals surface area (Å²) in [6.07, 6.45) is 8.26. The van der Waals surface area contributed by atoms with Gasteiger partial charge >= 0.3 is 0 Å². The van der Waals surface area contributed by atoms with Crippen molar-refractivity contribution in [3.8, 4) is 0 Å². The first-order valence-electron chi connectivity index (χ1n) is 6.20. The van der Waals surface area contributed by atoms with E-state index < -0.39 is 0 Å². The van der Waals surface area contributed by atoms with Crippen LogP contribution in [0.5, 0.6) is 0 Å². The van der Waals surface area contributed by atoms with Gasteiger partial charge in [-0.3, -0.25) is 4.79 Å². The summed E-state index contributed by atoms with van der Waals surface area (Å²) in [6.45, 7) is 0. The fourth-order valence-corrected chi connectivity index (χ4v) is 2.94. The molecule has 1 aliphatic carbocycles. The van der Waals surface area contributed by atoms with Gasteiger partial charge in [-0.2, -0.15) is 0 Å². The Bertz CT molecular complexity index is 347. The van der Waals surface area contributed by atoms with Crippen LogP contribution >= 0.6 is 11.3 Å². The Balaban J connectivity index is 1.77. The van der Waals surface area contributed by atoms with Crippen molar-refractivity contribution in [2.24, 2.45) is 11.7 Å².